The van der Waals surface area contributed by atoms with Crippen LogP contribution < -0.4 is 5.32 Å². The number of aliphatic carboxylic acids is 1. The van der Waals surface area contributed by atoms with E-state index < -0.39 is 12.1 Å². The van der Waals surface area contributed by atoms with Crippen LogP contribution in [-0.2, 0) is 21.5 Å². The maximum atomic E-state index is 12.6. The first-order chi connectivity index (χ1) is 16.7. The first-order valence-electron chi connectivity index (χ1n) is 12.1. The number of carboxylic acid groups (broad SMARTS) is 1. The number of benzene rings is 1. The Kier molecular flexibility index (Phi) is 7.54. The maximum absolute atomic E-state index is 12.6. The third-order valence-electron chi connectivity index (χ3n) is 7.55. The van der Waals surface area contributed by atoms with Gasteiger partial charge in [0, 0.05) is 24.6 Å². The summed E-state index contributed by atoms with van der Waals surface area (Å²) in [6, 6.07) is 11.4. The Morgan fingerprint density at radius 3 is 2.40 bits per heavy atom. The molecule has 1 spiro atoms. The second-order valence-electron chi connectivity index (χ2n) is 9.88. The highest BCUT2D eigenvalue weighted by atomic mass is 19.4. The maximum Gasteiger partial charge on any atom is 0.490 e. The smallest absolute Gasteiger partial charge is 0.475 e. The van der Waals surface area contributed by atoms with Crippen molar-refractivity contribution in [2.24, 2.45) is 0 Å². The van der Waals surface area contributed by atoms with Crippen molar-refractivity contribution < 1.29 is 32.3 Å². The number of carboxylic acids is 1. The molecule has 1 aromatic heterocycles. The monoisotopic (exact) mass is 492 g/mol. The summed E-state index contributed by atoms with van der Waals surface area (Å²) in [5.41, 5.74) is 4.45. The molecule has 3 aliphatic rings. The number of alkyl halides is 3. The van der Waals surface area contributed by atoms with Crippen molar-refractivity contribution in [3.63, 3.8) is 0 Å². The molecule has 2 aromatic rings. The van der Waals surface area contributed by atoms with Crippen LogP contribution in [0, 0.1) is 0 Å². The van der Waals surface area contributed by atoms with E-state index in [2.05, 4.69) is 40.5 Å². The number of rotatable bonds is 5. The highest BCUT2D eigenvalue weighted by Crippen LogP contribution is 2.52. The fourth-order valence-corrected chi connectivity index (χ4v) is 5.53. The summed E-state index contributed by atoms with van der Waals surface area (Å²) in [6.45, 7) is 3.20. The molecule has 2 aliphatic carbocycles. The van der Waals surface area contributed by atoms with Crippen molar-refractivity contribution in [3.8, 4) is 0 Å². The minimum absolute atomic E-state index is 0.249. The van der Waals surface area contributed by atoms with Gasteiger partial charge in [0.15, 0.2) is 0 Å². The summed E-state index contributed by atoms with van der Waals surface area (Å²) in [5, 5.41) is 10.4. The van der Waals surface area contributed by atoms with Gasteiger partial charge in [-0.2, -0.15) is 13.2 Å². The van der Waals surface area contributed by atoms with E-state index in [1.54, 1.807) is 6.26 Å². The number of halogens is 3. The predicted octanol–water partition coefficient (Wildman–Crippen LogP) is 4.99. The Hall–Kier alpha value is -2.81. The van der Waals surface area contributed by atoms with Crippen LogP contribution in [0.4, 0.5) is 13.2 Å². The Morgan fingerprint density at radius 1 is 1.14 bits per heavy atom. The van der Waals surface area contributed by atoms with E-state index >= 15 is 0 Å². The fourth-order valence-electron chi connectivity index (χ4n) is 5.53. The van der Waals surface area contributed by atoms with E-state index in [4.69, 9.17) is 14.3 Å². The fraction of sp³-hybridized carbons (Fsp3) is 0.538. The van der Waals surface area contributed by atoms with Gasteiger partial charge < -0.3 is 14.8 Å². The molecule has 0 bridgehead atoms. The minimum atomic E-state index is -5.08. The lowest BCUT2D eigenvalue weighted by molar-refractivity contribution is -0.192. The van der Waals surface area contributed by atoms with Gasteiger partial charge in [0.05, 0.1) is 12.5 Å². The first kappa shape index (κ1) is 25.3. The molecule has 0 radical (unpaired) electrons. The number of nitrogens with one attached hydrogen (secondary N) is 1. The summed E-state index contributed by atoms with van der Waals surface area (Å²) in [4.78, 5) is 24.0. The van der Waals surface area contributed by atoms with Crippen LogP contribution in [0.2, 0.25) is 0 Å². The van der Waals surface area contributed by atoms with Crippen molar-refractivity contribution in [2.75, 3.05) is 13.1 Å². The quantitative estimate of drug-likeness (QED) is 0.614. The lowest BCUT2D eigenvalue weighted by Gasteiger charge is -2.40. The number of piperidine rings is 1. The van der Waals surface area contributed by atoms with Gasteiger partial charge >= 0.3 is 12.1 Å². The predicted molar refractivity (Wildman–Crippen MR) is 123 cm³/mol. The molecule has 1 aliphatic heterocycles. The average Bonchev–Trinajstić information content (AvgIpc) is 3.40. The Bertz CT molecular complexity index is 1010. The van der Waals surface area contributed by atoms with Gasteiger partial charge in [0.2, 0.25) is 5.91 Å². The largest absolute Gasteiger partial charge is 0.490 e. The Labute approximate surface area is 202 Å². The van der Waals surface area contributed by atoms with Crippen LogP contribution in [0.1, 0.15) is 67.6 Å². The van der Waals surface area contributed by atoms with Crippen molar-refractivity contribution >= 4 is 11.9 Å². The molecule has 190 valence electrons. The van der Waals surface area contributed by atoms with E-state index in [1.165, 1.54) is 36.0 Å². The molecule has 1 saturated heterocycles. The normalized spacial score (nSPS) is 21.5. The number of amides is 1. The molecule has 2 heterocycles. The zero-order chi connectivity index (χ0) is 25.1. The van der Waals surface area contributed by atoms with Gasteiger partial charge in [0.1, 0.15) is 0 Å². The van der Waals surface area contributed by atoms with Crippen LogP contribution in [0.3, 0.4) is 0 Å². The number of hydrogen-bond donors (Lipinski definition) is 2. The van der Waals surface area contributed by atoms with Crippen LogP contribution in [0.5, 0.6) is 0 Å². The molecular formula is C26H31F3N2O4. The number of carbonyl (C=O) groups excluding carboxylic acids is 1. The summed E-state index contributed by atoms with van der Waals surface area (Å²) >= 11 is 0. The summed E-state index contributed by atoms with van der Waals surface area (Å²) in [6.07, 6.45) is 6.24. The van der Waals surface area contributed by atoms with Gasteiger partial charge in [-0.15, -0.1) is 0 Å². The molecule has 1 aromatic carbocycles. The molecule has 2 N–H and O–H groups in total. The molecule has 1 unspecified atom stereocenters. The van der Waals surface area contributed by atoms with Gasteiger partial charge in [0.25, 0.3) is 0 Å². The van der Waals surface area contributed by atoms with E-state index in [0.717, 1.165) is 38.9 Å². The number of carbonyl (C=O) groups is 2. The topological polar surface area (TPSA) is 82.8 Å². The molecule has 9 heteroatoms. The molecule has 2 fully saturated rings. The number of nitrogens with zero attached hydrogens (tertiary/aromatic N) is 1. The number of fused-ring (bicyclic) bond motifs is 2. The molecule has 35 heavy (non-hydrogen) atoms. The Morgan fingerprint density at radius 2 is 1.83 bits per heavy atom. The molecule has 5 rings (SSSR count). The second kappa shape index (κ2) is 10.4. The highest BCUT2D eigenvalue weighted by Gasteiger charge is 2.45. The highest BCUT2D eigenvalue weighted by molar-refractivity contribution is 5.77. The zero-order valence-corrected chi connectivity index (χ0v) is 19.5. The van der Waals surface area contributed by atoms with Crippen molar-refractivity contribution in [1.29, 1.82) is 0 Å². The van der Waals surface area contributed by atoms with Gasteiger partial charge in [-0.3, -0.25) is 9.69 Å². The van der Waals surface area contributed by atoms with Crippen LogP contribution in [-0.4, -0.2) is 47.2 Å². The lowest BCUT2D eigenvalue weighted by atomic mass is 9.73. The van der Waals surface area contributed by atoms with Crippen molar-refractivity contribution in [2.45, 2.75) is 75.0 Å². The minimum Gasteiger partial charge on any atom is -0.475 e. The van der Waals surface area contributed by atoms with Gasteiger partial charge in [-0.1, -0.05) is 24.3 Å². The van der Waals surface area contributed by atoms with E-state index in [-0.39, 0.29) is 11.3 Å². The standard InChI is InChI=1S/C24H30N2O2.C2HF3O2/c27-23(25-20-4-3-5-20)14-19-15-24(22-7-2-1-6-21(19)22)9-11-26(12-10-24)16-18-8-13-28-17-18;3-2(4,5)1(6)7/h1-2,6-8,13,17,19-20H,3-5,9-12,14-16H2,(H,25,27);(H,6,7). The zero-order valence-electron chi connectivity index (χ0n) is 19.5. The van der Waals surface area contributed by atoms with Crippen LogP contribution in [0.25, 0.3) is 0 Å². The third-order valence-corrected chi connectivity index (χ3v) is 7.55. The summed E-state index contributed by atoms with van der Waals surface area (Å²) < 4.78 is 37.0. The summed E-state index contributed by atoms with van der Waals surface area (Å²) in [7, 11) is 0. The summed E-state index contributed by atoms with van der Waals surface area (Å²) in [5.74, 6) is -2.14. The van der Waals surface area contributed by atoms with E-state index in [9.17, 15) is 18.0 Å². The van der Waals surface area contributed by atoms with Crippen molar-refractivity contribution in [1.82, 2.24) is 10.2 Å². The SMILES string of the molecule is O=C(CC1CC2(CCN(Cc3ccoc3)CC2)c2ccccc21)NC1CCC1.O=C(O)C(F)(F)F. The second-order valence-corrected chi connectivity index (χ2v) is 9.88. The molecule has 6 nitrogen and oxygen atoms in total. The van der Waals surface area contributed by atoms with Gasteiger partial charge in [-0.25, -0.2) is 4.79 Å². The van der Waals surface area contributed by atoms with Gasteiger partial charge in [-0.05, 0) is 80.1 Å². The van der Waals surface area contributed by atoms with Crippen molar-refractivity contribution in [3.05, 3.63) is 59.5 Å². The Balaban J connectivity index is 0.000000364. The lowest BCUT2D eigenvalue weighted by Crippen LogP contribution is -2.41. The number of hydrogen-bond acceptors (Lipinski definition) is 4. The molecular weight excluding hydrogens is 461 g/mol. The van der Waals surface area contributed by atoms with Crippen LogP contribution >= 0.6 is 0 Å². The molecule has 1 atom stereocenters. The number of likely N-dealkylation sites (tertiary alicyclic amines) is 1. The average molecular weight is 493 g/mol. The first-order valence-corrected chi connectivity index (χ1v) is 12.1. The molecule has 1 saturated carbocycles. The van der Waals surface area contributed by atoms with E-state index in [1.807, 2.05) is 6.26 Å². The van der Waals surface area contributed by atoms with Crippen LogP contribution in [0.15, 0.2) is 47.3 Å². The molecule has 1 amide bonds. The third kappa shape index (κ3) is 6.07. The van der Waals surface area contributed by atoms with E-state index in [0.29, 0.717) is 18.4 Å². The number of furan rings is 1.